The topological polar surface area (TPSA) is 192 Å². The fourth-order valence-electron chi connectivity index (χ4n) is 7.33. The molecular formula is C40H50N4O10S. The van der Waals surface area contributed by atoms with Crippen molar-refractivity contribution in [2.24, 2.45) is 23.2 Å². The zero-order valence-corrected chi connectivity index (χ0v) is 33.1. The number of amides is 3. The Morgan fingerprint density at radius 2 is 1.69 bits per heavy atom. The molecule has 15 heteroatoms. The number of sulfonamides is 1. The molecule has 1 aromatic carbocycles. The van der Waals surface area contributed by atoms with Crippen molar-refractivity contribution in [3.05, 3.63) is 55.5 Å². The van der Waals surface area contributed by atoms with Gasteiger partial charge in [-0.2, -0.15) is 0 Å². The Hall–Kier alpha value is -4.92. The smallest absolute Gasteiger partial charge is 0.408 e. The lowest BCUT2D eigenvalue weighted by atomic mass is 9.77. The van der Waals surface area contributed by atoms with Crippen LogP contribution >= 0.6 is 0 Å². The fraction of sp³-hybridized carbons (Fsp3) is 0.525. The molecule has 0 aliphatic heterocycles. The predicted octanol–water partition coefficient (Wildman–Crippen LogP) is 5.45. The van der Waals surface area contributed by atoms with Gasteiger partial charge in [-0.1, -0.05) is 45.0 Å². The van der Waals surface area contributed by atoms with Gasteiger partial charge < -0.3 is 29.3 Å². The Bertz CT molecular complexity index is 2100. The van der Waals surface area contributed by atoms with Crippen LogP contribution in [0, 0.1) is 23.2 Å². The molecule has 0 spiro atoms. The second-order valence-electron chi connectivity index (χ2n) is 16.8. The quantitative estimate of drug-likeness (QED) is 0.187. The molecule has 2 heterocycles. The third kappa shape index (κ3) is 8.36. The molecule has 3 saturated carbocycles. The molecule has 0 bridgehead atoms. The Labute approximate surface area is 321 Å². The van der Waals surface area contributed by atoms with E-state index in [4.69, 9.17) is 23.6 Å². The Morgan fingerprint density at radius 3 is 2.25 bits per heavy atom. The largest absolute Gasteiger partial charge is 0.494 e. The molecule has 0 saturated heterocycles. The van der Waals surface area contributed by atoms with Crippen molar-refractivity contribution in [3.63, 3.8) is 0 Å². The van der Waals surface area contributed by atoms with Crippen molar-refractivity contribution in [1.82, 2.24) is 20.3 Å². The van der Waals surface area contributed by atoms with Crippen LogP contribution in [0.1, 0.15) is 73.6 Å². The first-order valence-corrected chi connectivity index (χ1v) is 20.0. The van der Waals surface area contributed by atoms with Gasteiger partial charge in [0, 0.05) is 28.2 Å². The number of carbonyl (C=O) groups is 4. The number of fused-ring (bicyclic) bond motifs is 1. The lowest BCUT2D eigenvalue weighted by molar-refractivity contribution is -0.137. The fourth-order valence-corrected chi connectivity index (χ4v) is 8.69. The molecule has 3 amide bonds. The van der Waals surface area contributed by atoms with Crippen molar-refractivity contribution in [1.29, 1.82) is 0 Å². The second kappa shape index (κ2) is 14.6. The number of pyridine rings is 1. The standard InChI is InChI=1S/C40H50N4O10S/c1-9-23-20-40(23,36(47)44-55(49,50)25-14-15-25)43-34(46)29-19-24(18-28(29)31(45)33(38(2,3)4)42-37(48)54-39(5,6)7)53-35-27-13-11-10-12-26(27)32(51-8)30(41-35)22-16-17-52-21-22/h9-13,16-17,21,23-25,28-29,33H,1,14-15,18-20H2,2-8H3,(H,42,48)(H,43,46)(H,44,47)/t23?,24-,28?,29+,33+,40+/m0/s1. The molecule has 55 heavy (non-hydrogen) atoms. The van der Waals surface area contributed by atoms with E-state index in [-0.39, 0.29) is 25.1 Å². The number of carbonyl (C=O) groups excluding carboxylic acids is 4. The molecular weight excluding hydrogens is 729 g/mol. The summed E-state index contributed by atoms with van der Waals surface area (Å²) >= 11 is 0. The van der Waals surface area contributed by atoms with Crippen LogP contribution in [0.3, 0.4) is 0 Å². The van der Waals surface area contributed by atoms with Crippen molar-refractivity contribution in [2.45, 2.75) is 102 Å². The van der Waals surface area contributed by atoms with Crippen LogP contribution < -0.4 is 24.8 Å². The lowest BCUT2D eigenvalue weighted by Gasteiger charge is -2.34. The molecule has 296 valence electrons. The Kier molecular flexibility index (Phi) is 10.6. The number of ether oxygens (including phenoxy) is 3. The molecule has 3 aliphatic carbocycles. The van der Waals surface area contributed by atoms with Crippen LogP contribution in [0.15, 0.2) is 59.9 Å². The number of nitrogens with one attached hydrogen (secondary N) is 3. The highest BCUT2D eigenvalue weighted by atomic mass is 32.2. The second-order valence-corrected chi connectivity index (χ2v) is 18.8. The van der Waals surface area contributed by atoms with E-state index in [1.807, 2.05) is 24.3 Å². The Balaban J connectivity index is 1.34. The van der Waals surface area contributed by atoms with Crippen LogP contribution in [-0.2, 0) is 29.1 Å². The minimum Gasteiger partial charge on any atom is -0.494 e. The van der Waals surface area contributed by atoms with Gasteiger partial charge in [-0.05, 0) is 70.4 Å². The van der Waals surface area contributed by atoms with Crippen molar-refractivity contribution in [3.8, 4) is 22.9 Å². The van der Waals surface area contributed by atoms with Crippen molar-refractivity contribution >= 4 is 44.5 Å². The van der Waals surface area contributed by atoms with Gasteiger partial charge in [0.05, 0.1) is 36.8 Å². The first-order valence-electron chi connectivity index (χ1n) is 18.5. The van der Waals surface area contributed by atoms with Crippen molar-refractivity contribution in [2.75, 3.05) is 7.11 Å². The molecule has 6 rings (SSSR count). The van der Waals surface area contributed by atoms with Crippen LogP contribution in [-0.4, -0.2) is 72.7 Å². The number of hydrogen-bond acceptors (Lipinski definition) is 11. The summed E-state index contributed by atoms with van der Waals surface area (Å²) in [7, 11) is -2.36. The summed E-state index contributed by atoms with van der Waals surface area (Å²) in [5.41, 5.74) is -2.07. The summed E-state index contributed by atoms with van der Waals surface area (Å²) in [6.45, 7) is 14.3. The van der Waals surface area contributed by atoms with Gasteiger partial charge in [0.25, 0.3) is 5.91 Å². The van der Waals surface area contributed by atoms with Gasteiger partial charge in [-0.15, -0.1) is 6.58 Å². The van der Waals surface area contributed by atoms with Crippen LogP contribution in [0.25, 0.3) is 22.0 Å². The number of aromatic nitrogens is 1. The zero-order chi connectivity index (χ0) is 40.1. The zero-order valence-electron chi connectivity index (χ0n) is 32.3. The number of ketones is 1. The summed E-state index contributed by atoms with van der Waals surface area (Å²) < 4.78 is 50.9. The molecule has 3 fully saturated rings. The summed E-state index contributed by atoms with van der Waals surface area (Å²) in [5, 5.41) is 6.29. The maximum absolute atomic E-state index is 14.7. The van der Waals surface area contributed by atoms with Gasteiger partial charge in [-0.25, -0.2) is 18.2 Å². The van der Waals surface area contributed by atoms with E-state index in [9.17, 15) is 27.6 Å². The average Bonchev–Trinajstić information content (AvgIpc) is 3.98. The minimum atomic E-state index is -3.91. The Morgan fingerprint density at radius 1 is 1.02 bits per heavy atom. The number of benzene rings is 1. The number of nitrogens with zero attached hydrogens (tertiary/aromatic N) is 1. The monoisotopic (exact) mass is 778 g/mol. The molecule has 14 nitrogen and oxygen atoms in total. The van der Waals surface area contributed by atoms with E-state index < -0.39 is 85.4 Å². The molecule has 3 aliphatic rings. The first kappa shape index (κ1) is 39.8. The molecule has 3 N–H and O–H groups in total. The number of alkyl carbamates (subject to hydrolysis) is 1. The number of rotatable bonds is 13. The van der Waals surface area contributed by atoms with Gasteiger partial charge >= 0.3 is 6.09 Å². The number of hydrogen-bond donors (Lipinski definition) is 3. The molecule has 0 radical (unpaired) electrons. The van der Waals surface area contributed by atoms with Gasteiger partial charge in [0.15, 0.2) is 11.5 Å². The SMILES string of the molecule is C=CC1C[C@]1(NC(=O)[C@@H]1C[C@@H](Oc2nc(-c3ccoc3)c(OC)c3ccccc23)CC1C(=O)[C@@H](NC(=O)OC(C)(C)C)C(C)(C)C)C(=O)NS(=O)(=O)C1CC1. The highest BCUT2D eigenvalue weighted by Crippen LogP contribution is 2.47. The van der Waals surface area contributed by atoms with Crippen molar-refractivity contribution < 1.29 is 46.2 Å². The third-order valence-electron chi connectivity index (χ3n) is 10.4. The van der Waals surface area contributed by atoms with Crippen LogP contribution in [0.5, 0.6) is 11.6 Å². The summed E-state index contributed by atoms with van der Waals surface area (Å²) in [6, 6.07) is 8.08. The highest BCUT2D eigenvalue weighted by Gasteiger charge is 2.62. The predicted molar refractivity (Wildman–Crippen MR) is 204 cm³/mol. The maximum Gasteiger partial charge on any atom is 0.408 e. The highest BCUT2D eigenvalue weighted by molar-refractivity contribution is 7.91. The summed E-state index contributed by atoms with van der Waals surface area (Å²) in [4.78, 5) is 60.6. The van der Waals surface area contributed by atoms with E-state index in [0.29, 0.717) is 35.2 Å². The molecule has 6 atom stereocenters. The average molecular weight is 779 g/mol. The van der Waals surface area contributed by atoms with E-state index in [1.165, 1.54) is 18.6 Å². The molecule has 2 unspecified atom stereocenters. The third-order valence-corrected chi connectivity index (χ3v) is 12.2. The molecule has 2 aromatic heterocycles. The van der Waals surface area contributed by atoms with E-state index in [0.717, 1.165) is 5.39 Å². The number of Topliss-reactive ketones (excluding diaryl/α,β-unsaturated/α-hetero) is 1. The summed E-state index contributed by atoms with van der Waals surface area (Å²) in [5.74, 6) is -3.66. The lowest BCUT2D eigenvalue weighted by Crippen LogP contribution is -2.56. The maximum atomic E-state index is 14.7. The summed E-state index contributed by atoms with van der Waals surface area (Å²) in [6.07, 6.45) is 4.22. The van der Waals surface area contributed by atoms with Crippen LogP contribution in [0.4, 0.5) is 4.79 Å². The van der Waals surface area contributed by atoms with E-state index >= 15 is 0 Å². The minimum absolute atomic E-state index is 0.0471. The number of methoxy groups -OCH3 is 1. The van der Waals surface area contributed by atoms with E-state index in [1.54, 1.807) is 54.7 Å². The number of furan rings is 1. The normalized spacial score (nSPS) is 24.3. The molecule has 3 aromatic rings. The van der Waals surface area contributed by atoms with Gasteiger partial charge in [-0.3, -0.25) is 19.1 Å². The van der Waals surface area contributed by atoms with E-state index in [2.05, 4.69) is 21.9 Å². The van der Waals surface area contributed by atoms with Crippen LogP contribution in [0.2, 0.25) is 0 Å². The van der Waals surface area contributed by atoms with Gasteiger partial charge in [0.1, 0.15) is 22.9 Å². The first-order chi connectivity index (χ1) is 25.8. The van der Waals surface area contributed by atoms with Gasteiger partial charge in [0.2, 0.25) is 21.8 Å².